The van der Waals surface area contributed by atoms with E-state index in [0.29, 0.717) is 24.0 Å². The number of amides is 1. The summed E-state index contributed by atoms with van der Waals surface area (Å²) in [6.07, 6.45) is 1.97. The van der Waals surface area contributed by atoms with Crippen LogP contribution in [-0.2, 0) is 9.53 Å². The molecule has 1 aromatic carbocycles. The van der Waals surface area contributed by atoms with Gasteiger partial charge in [0.1, 0.15) is 0 Å². The number of H-pyrrole nitrogens is 1. The highest BCUT2D eigenvalue weighted by molar-refractivity contribution is 6.03. The predicted molar refractivity (Wildman–Crippen MR) is 80.7 cm³/mol. The first-order valence-electron chi connectivity index (χ1n) is 7.22. The summed E-state index contributed by atoms with van der Waals surface area (Å²) in [5.74, 6) is -0.852. The van der Waals surface area contributed by atoms with E-state index in [1.807, 2.05) is 0 Å². The Hall–Kier alpha value is -2.63. The number of aromatic amines is 1. The molecule has 6 nitrogen and oxygen atoms in total. The van der Waals surface area contributed by atoms with Crippen LogP contribution in [0.3, 0.4) is 0 Å². The van der Waals surface area contributed by atoms with Crippen LogP contribution in [0.25, 0.3) is 10.9 Å². The van der Waals surface area contributed by atoms with E-state index in [1.54, 1.807) is 29.2 Å². The van der Waals surface area contributed by atoms with E-state index in [2.05, 4.69) is 4.98 Å². The Morgan fingerprint density at radius 1 is 1.18 bits per heavy atom. The van der Waals surface area contributed by atoms with Gasteiger partial charge in [-0.2, -0.15) is 0 Å². The van der Waals surface area contributed by atoms with Crippen molar-refractivity contribution >= 4 is 22.8 Å². The van der Waals surface area contributed by atoms with E-state index >= 15 is 0 Å². The molecule has 3 rings (SSSR count). The highest BCUT2D eigenvalue weighted by atomic mass is 16.5. The van der Waals surface area contributed by atoms with Crippen molar-refractivity contribution in [3.63, 3.8) is 0 Å². The summed E-state index contributed by atoms with van der Waals surface area (Å²) >= 11 is 0. The lowest BCUT2D eigenvalue weighted by atomic mass is 10.1. The van der Waals surface area contributed by atoms with Gasteiger partial charge in [-0.1, -0.05) is 18.2 Å². The van der Waals surface area contributed by atoms with E-state index in [4.69, 9.17) is 4.74 Å². The van der Waals surface area contributed by atoms with Crippen molar-refractivity contribution < 1.29 is 14.3 Å². The van der Waals surface area contributed by atoms with E-state index < -0.39 is 5.97 Å². The molecule has 0 spiro atoms. The number of benzene rings is 1. The number of nitrogens with one attached hydrogen (secondary N) is 1. The Bertz CT molecular complexity index is 775. The highest BCUT2D eigenvalue weighted by Gasteiger charge is 2.20. The van der Waals surface area contributed by atoms with Crippen LogP contribution in [0.15, 0.2) is 35.1 Å². The maximum Gasteiger partial charge on any atom is 0.339 e. The molecular weight excluding hydrogens is 284 g/mol. The molecule has 0 radical (unpaired) electrons. The molecular formula is C16H16N2O4. The van der Waals surface area contributed by atoms with Gasteiger partial charge in [-0.3, -0.25) is 9.59 Å². The second-order valence-electron chi connectivity index (χ2n) is 5.26. The first-order valence-corrected chi connectivity index (χ1v) is 7.22. The summed E-state index contributed by atoms with van der Waals surface area (Å²) in [7, 11) is 0. The van der Waals surface area contributed by atoms with Gasteiger partial charge < -0.3 is 14.6 Å². The van der Waals surface area contributed by atoms with Gasteiger partial charge in [0, 0.05) is 30.1 Å². The Balaban J connectivity index is 1.77. The standard InChI is InChI=1S/C16H16N2O4/c19-14-9-12(11-5-1-2-6-13(11)17-14)16(21)22-10-15(20)18-7-3-4-8-18/h1-2,5-6,9H,3-4,7-8,10H2,(H,17,19). The molecule has 2 aromatic rings. The summed E-state index contributed by atoms with van der Waals surface area (Å²) in [5, 5.41) is 0.598. The third-order valence-electron chi connectivity index (χ3n) is 3.76. The van der Waals surface area contributed by atoms with Crippen LogP contribution in [0.4, 0.5) is 0 Å². The van der Waals surface area contributed by atoms with E-state index in [-0.39, 0.29) is 23.6 Å². The lowest BCUT2D eigenvalue weighted by molar-refractivity contribution is -0.133. The highest BCUT2D eigenvalue weighted by Crippen LogP contribution is 2.15. The van der Waals surface area contributed by atoms with Gasteiger partial charge in [0.2, 0.25) is 5.56 Å². The van der Waals surface area contributed by atoms with Crippen molar-refractivity contribution in [2.45, 2.75) is 12.8 Å². The third kappa shape index (κ3) is 2.86. The van der Waals surface area contributed by atoms with Gasteiger partial charge in [0.25, 0.3) is 5.91 Å². The number of likely N-dealkylation sites (tertiary alicyclic amines) is 1. The molecule has 1 aromatic heterocycles. The second kappa shape index (κ2) is 6.01. The summed E-state index contributed by atoms with van der Waals surface area (Å²) < 4.78 is 5.08. The number of carbonyl (C=O) groups is 2. The Morgan fingerprint density at radius 3 is 2.68 bits per heavy atom. The first-order chi connectivity index (χ1) is 10.6. The number of fused-ring (bicyclic) bond motifs is 1. The normalized spacial score (nSPS) is 14.3. The maximum atomic E-state index is 12.2. The molecule has 114 valence electrons. The van der Waals surface area contributed by atoms with Crippen molar-refractivity contribution in [3.8, 4) is 0 Å². The third-order valence-corrected chi connectivity index (χ3v) is 3.76. The molecule has 22 heavy (non-hydrogen) atoms. The number of para-hydroxylation sites is 1. The fourth-order valence-corrected chi connectivity index (χ4v) is 2.64. The molecule has 1 fully saturated rings. The van der Waals surface area contributed by atoms with Gasteiger partial charge >= 0.3 is 5.97 Å². The van der Waals surface area contributed by atoms with Gasteiger partial charge in [0.05, 0.1) is 5.56 Å². The van der Waals surface area contributed by atoms with Crippen molar-refractivity contribution in [2.24, 2.45) is 0 Å². The summed E-state index contributed by atoms with van der Waals surface area (Å²) in [6.45, 7) is 1.13. The van der Waals surface area contributed by atoms with Crippen LogP contribution in [0.1, 0.15) is 23.2 Å². The molecule has 1 aliphatic heterocycles. The number of hydrogen-bond donors (Lipinski definition) is 1. The number of aromatic nitrogens is 1. The number of esters is 1. The number of rotatable bonds is 3. The average molecular weight is 300 g/mol. The largest absolute Gasteiger partial charge is 0.452 e. The first kappa shape index (κ1) is 14.3. The van der Waals surface area contributed by atoms with Crippen molar-refractivity contribution in [3.05, 3.63) is 46.2 Å². The summed E-state index contributed by atoms with van der Waals surface area (Å²) in [5.41, 5.74) is 0.359. The Morgan fingerprint density at radius 2 is 1.91 bits per heavy atom. The SMILES string of the molecule is O=C(OCC(=O)N1CCCC1)c1cc(=O)[nH]c2ccccc12. The van der Waals surface area contributed by atoms with Crippen molar-refractivity contribution in [1.82, 2.24) is 9.88 Å². The molecule has 0 bridgehead atoms. The zero-order valence-corrected chi connectivity index (χ0v) is 12.0. The van der Waals surface area contributed by atoms with Crippen LogP contribution in [-0.4, -0.2) is 41.5 Å². The number of nitrogens with zero attached hydrogens (tertiary/aromatic N) is 1. The number of ether oxygens (including phenoxy) is 1. The molecule has 0 atom stereocenters. The minimum Gasteiger partial charge on any atom is -0.452 e. The molecule has 1 saturated heterocycles. The average Bonchev–Trinajstić information content (AvgIpc) is 3.06. The van der Waals surface area contributed by atoms with Gasteiger partial charge in [-0.15, -0.1) is 0 Å². The Kier molecular flexibility index (Phi) is 3.91. The topological polar surface area (TPSA) is 79.5 Å². The zero-order chi connectivity index (χ0) is 15.5. The molecule has 0 saturated carbocycles. The van der Waals surface area contributed by atoms with E-state index in [1.165, 1.54) is 6.07 Å². The lowest BCUT2D eigenvalue weighted by Gasteiger charge is -2.15. The van der Waals surface area contributed by atoms with Crippen LogP contribution in [0.2, 0.25) is 0 Å². The quantitative estimate of drug-likeness (QED) is 0.867. The fourth-order valence-electron chi connectivity index (χ4n) is 2.64. The monoisotopic (exact) mass is 300 g/mol. The van der Waals surface area contributed by atoms with Gasteiger partial charge in [0.15, 0.2) is 6.61 Å². The minimum absolute atomic E-state index is 0.175. The molecule has 0 aliphatic carbocycles. The number of pyridine rings is 1. The van der Waals surface area contributed by atoms with Crippen molar-refractivity contribution in [1.29, 1.82) is 0 Å². The van der Waals surface area contributed by atoms with Crippen LogP contribution < -0.4 is 5.56 Å². The molecule has 0 unspecified atom stereocenters. The fraction of sp³-hybridized carbons (Fsp3) is 0.312. The van der Waals surface area contributed by atoms with Gasteiger partial charge in [-0.05, 0) is 18.9 Å². The van der Waals surface area contributed by atoms with E-state index in [0.717, 1.165) is 12.8 Å². The van der Waals surface area contributed by atoms with Crippen molar-refractivity contribution in [2.75, 3.05) is 19.7 Å². The molecule has 2 heterocycles. The minimum atomic E-state index is -0.658. The predicted octanol–water partition coefficient (Wildman–Crippen LogP) is 1.31. The molecule has 1 N–H and O–H groups in total. The van der Waals surface area contributed by atoms with Gasteiger partial charge in [-0.25, -0.2) is 4.79 Å². The molecule has 1 amide bonds. The number of hydrogen-bond acceptors (Lipinski definition) is 4. The lowest BCUT2D eigenvalue weighted by Crippen LogP contribution is -2.32. The smallest absolute Gasteiger partial charge is 0.339 e. The second-order valence-corrected chi connectivity index (χ2v) is 5.26. The van der Waals surface area contributed by atoms with E-state index in [9.17, 15) is 14.4 Å². The number of carbonyl (C=O) groups excluding carboxylic acids is 2. The summed E-state index contributed by atoms with van der Waals surface area (Å²) in [4.78, 5) is 40.0. The maximum absolute atomic E-state index is 12.2. The van der Waals surface area contributed by atoms with Crippen LogP contribution in [0, 0.1) is 0 Å². The molecule has 1 aliphatic rings. The van der Waals surface area contributed by atoms with Crippen LogP contribution >= 0.6 is 0 Å². The zero-order valence-electron chi connectivity index (χ0n) is 12.0. The van der Waals surface area contributed by atoms with Crippen LogP contribution in [0.5, 0.6) is 0 Å². The summed E-state index contributed by atoms with van der Waals surface area (Å²) in [6, 6.07) is 8.18. The molecule has 6 heteroatoms. The Labute approximate surface area is 126 Å².